The van der Waals surface area contributed by atoms with Crippen LogP contribution in [0.4, 0.5) is 0 Å². The number of rotatable bonds is 4. The zero-order chi connectivity index (χ0) is 8.69. The van der Waals surface area contributed by atoms with Crippen molar-refractivity contribution in [2.75, 3.05) is 13.1 Å². The Kier molecular flexibility index (Phi) is 5.53. The molecule has 0 heterocycles. The average Bonchev–Trinajstić information content (AvgIpc) is 2.06. The van der Waals surface area contributed by atoms with Crippen LogP contribution in [0.2, 0.25) is 0 Å². The molecule has 0 aliphatic rings. The smallest absolute Gasteiger partial charge is 0.0496 e. The maximum absolute atomic E-state index is 4.27. The molecule has 0 aromatic carbocycles. The lowest BCUT2D eigenvalue weighted by Gasteiger charge is -2.12. The molecule has 0 saturated carbocycles. The molecule has 2 nitrogen and oxygen atoms in total. The van der Waals surface area contributed by atoms with Gasteiger partial charge in [0.25, 0.3) is 0 Å². The number of hydrazone groups is 1. The molecule has 2 heteroatoms. The Bertz CT molecular complexity index is 144. The Morgan fingerprint density at radius 3 is 2.27 bits per heavy atom. The molecule has 0 N–H and O–H groups in total. The van der Waals surface area contributed by atoms with Crippen LogP contribution in [0.1, 0.15) is 27.7 Å². The van der Waals surface area contributed by atoms with Gasteiger partial charge in [-0.3, -0.25) is 5.01 Å². The van der Waals surface area contributed by atoms with Crippen LogP contribution in [-0.4, -0.2) is 24.3 Å². The Balaban J connectivity index is 3.88. The summed E-state index contributed by atoms with van der Waals surface area (Å²) in [6.45, 7) is 10.2. The summed E-state index contributed by atoms with van der Waals surface area (Å²) >= 11 is 0. The second-order valence-corrected chi connectivity index (χ2v) is 2.42. The van der Waals surface area contributed by atoms with E-state index in [2.05, 4.69) is 18.9 Å². The van der Waals surface area contributed by atoms with Gasteiger partial charge in [0.15, 0.2) is 0 Å². The maximum Gasteiger partial charge on any atom is 0.0496 e. The van der Waals surface area contributed by atoms with Crippen molar-refractivity contribution in [2.24, 2.45) is 5.10 Å². The molecular formula is C9H18N2. The lowest BCUT2D eigenvalue weighted by molar-refractivity contribution is 0.323. The summed E-state index contributed by atoms with van der Waals surface area (Å²) in [7, 11) is 0. The van der Waals surface area contributed by atoms with Gasteiger partial charge in [-0.2, -0.15) is 5.10 Å². The van der Waals surface area contributed by atoms with E-state index in [4.69, 9.17) is 0 Å². The normalized spacial score (nSPS) is 12.5. The third-order valence-corrected chi connectivity index (χ3v) is 1.61. The van der Waals surface area contributed by atoms with Crippen molar-refractivity contribution >= 4 is 6.21 Å². The SMILES string of the molecule is C/C=C(C)/C=N/N(CC)CC. The molecule has 0 amide bonds. The fourth-order valence-electron chi connectivity index (χ4n) is 0.634. The van der Waals surface area contributed by atoms with Gasteiger partial charge in [-0.15, -0.1) is 0 Å². The highest BCUT2D eigenvalue weighted by molar-refractivity contribution is 5.77. The first-order valence-electron chi connectivity index (χ1n) is 4.16. The molecule has 0 aromatic rings. The number of hydrogen-bond acceptors (Lipinski definition) is 2. The summed E-state index contributed by atoms with van der Waals surface area (Å²) in [5.41, 5.74) is 1.21. The van der Waals surface area contributed by atoms with E-state index in [1.807, 2.05) is 31.1 Å². The molecule has 0 aromatic heterocycles. The Morgan fingerprint density at radius 2 is 1.91 bits per heavy atom. The molecular weight excluding hydrogens is 136 g/mol. The summed E-state index contributed by atoms with van der Waals surface area (Å²) in [5, 5.41) is 6.29. The molecule has 0 aliphatic heterocycles. The first-order chi connectivity index (χ1) is 5.24. The Morgan fingerprint density at radius 1 is 1.36 bits per heavy atom. The van der Waals surface area contributed by atoms with Gasteiger partial charge >= 0.3 is 0 Å². The van der Waals surface area contributed by atoms with Crippen molar-refractivity contribution in [1.29, 1.82) is 0 Å². The quantitative estimate of drug-likeness (QED) is 0.448. The van der Waals surface area contributed by atoms with Gasteiger partial charge in [-0.05, 0) is 33.3 Å². The number of hydrogen-bond donors (Lipinski definition) is 0. The van der Waals surface area contributed by atoms with Crippen LogP contribution in [0.5, 0.6) is 0 Å². The minimum absolute atomic E-state index is 0.976. The van der Waals surface area contributed by atoms with Crippen LogP contribution in [0, 0.1) is 0 Å². The van der Waals surface area contributed by atoms with Crippen molar-refractivity contribution in [3.05, 3.63) is 11.6 Å². The highest BCUT2D eigenvalue weighted by Crippen LogP contribution is 1.90. The van der Waals surface area contributed by atoms with Crippen LogP contribution in [0.25, 0.3) is 0 Å². The second kappa shape index (κ2) is 5.96. The second-order valence-electron chi connectivity index (χ2n) is 2.42. The molecule has 0 spiro atoms. The Hall–Kier alpha value is -0.790. The highest BCUT2D eigenvalue weighted by atomic mass is 15.4. The van der Waals surface area contributed by atoms with E-state index in [-0.39, 0.29) is 0 Å². The molecule has 0 bridgehead atoms. The van der Waals surface area contributed by atoms with Gasteiger partial charge in [-0.1, -0.05) is 6.08 Å². The van der Waals surface area contributed by atoms with E-state index in [1.54, 1.807) is 0 Å². The number of allylic oxidation sites excluding steroid dienone is 2. The van der Waals surface area contributed by atoms with E-state index in [9.17, 15) is 0 Å². The molecule has 0 atom stereocenters. The van der Waals surface area contributed by atoms with Crippen molar-refractivity contribution in [2.45, 2.75) is 27.7 Å². The van der Waals surface area contributed by atoms with E-state index < -0.39 is 0 Å². The zero-order valence-corrected chi connectivity index (χ0v) is 7.96. The molecule has 0 radical (unpaired) electrons. The van der Waals surface area contributed by atoms with Gasteiger partial charge in [0.1, 0.15) is 0 Å². The fourth-order valence-corrected chi connectivity index (χ4v) is 0.634. The minimum atomic E-state index is 0.976. The lowest BCUT2D eigenvalue weighted by Crippen LogP contribution is -2.15. The topological polar surface area (TPSA) is 15.6 Å². The first-order valence-corrected chi connectivity index (χ1v) is 4.16. The van der Waals surface area contributed by atoms with Gasteiger partial charge in [0.2, 0.25) is 0 Å². The first kappa shape index (κ1) is 10.2. The number of nitrogens with zero attached hydrogens (tertiary/aromatic N) is 2. The third-order valence-electron chi connectivity index (χ3n) is 1.61. The highest BCUT2D eigenvalue weighted by Gasteiger charge is 1.89. The van der Waals surface area contributed by atoms with Crippen LogP contribution in [0.15, 0.2) is 16.8 Å². The largest absolute Gasteiger partial charge is 0.298 e. The predicted molar refractivity (Wildman–Crippen MR) is 50.8 cm³/mol. The van der Waals surface area contributed by atoms with Crippen molar-refractivity contribution in [1.82, 2.24) is 5.01 Å². The van der Waals surface area contributed by atoms with E-state index >= 15 is 0 Å². The van der Waals surface area contributed by atoms with E-state index in [0.29, 0.717) is 0 Å². The maximum atomic E-state index is 4.27. The summed E-state index contributed by atoms with van der Waals surface area (Å²) in [6, 6.07) is 0. The Labute approximate surface area is 69.6 Å². The predicted octanol–water partition coefficient (Wildman–Crippen LogP) is 2.28. The monoisotopic (exact) mass is 154 g/mol. The third kappa shape index (κ3) is 4.59. The molecule has 64 valence electrons. The average molecular weight is 154 g/mol. The molecule has 0 rings (SSSR count). The summed E-state index contributed by atoms with van der Waals surface area (Å²) in [4.78, 5) is 0. The lowest BCUT2D eigenvalue weighted by atomic mass is 10.3. The molecule has 0 saturated heterocycles. The molecule has 0 fully saturated rings. The molecule has 0 unspecified atom stereocenters. The van der Waals surface area contributed by atoms with Crippen molar-refractivity contribution in [3.63, 3.8) is 0 Å². The van der Waals surface area contributed by atoms with Crippen molar-refractivity contribution in [3.8, 4) is 0 Å². The van der Waals surface area contributed by atoms with Gasteiger partial charge in [0, 0.05) is 19.3 Å². The van der Waals surface area contributed by atoms with E-state index in [1.165, 1.54) is 5.57 Å². The molecule has 11 heavy (non-hydrogen) atoms. The van der Waals surface area contributed by atoms with Crippen LogP contribution in [0.3, 0.4) is 0 Å². The van der Waals surface area contributed by atoms with Gasteiger partial charge in [-0.25, -0.2) is 0 Å². The summed E-state index contributed by atoms with van der Waals surface area (Å²) in [5.74, 6) is 0. The summed E-state index contributed by atoms with van der Waals surface area (Å²) in [6.07, 6.45) is 3.94. The van der Waals surface area contributed by atoms with Crippen LogP contribution >= 0.6 is 0 Å². The van der Waals surface area contributed by atoms with Gasteiger partial charge in [0.05, 0.1) is 0 Å². The van der Waals surface area contributed by atoms with Crippen LogP contribution < -0.4 is 0 Å². The minimum Gasteiger partial charge on any atom is -0.298 e. The molecule has 0 aliphatic carbocycles. The van der Waals surface area contributed by atoms with E-state index in [0.717, 1.165) is 13.1 Å². The van der Waals surface area contributed by atoms with Gasteiger partial charge < -0.3 is 0 Å². The summed E-state index contributed by atoms with van der Waals surface area (Å²) < 4.78 is 0. The van der Waals surface area contributed by atoms with Crippen molar-refractivity contribution < 1.29 is 0 Å². The zero-order valence-electron chi connectivity index (χ0n) is 7.96. The standard InChI is InChI=1S/C9H18N2/c1-5-9(4)8-10-11(6-2)7-3/h5,8H,6-7H2,1-4H3/b9-5+,10-8+. The van der Waals surface area contributed by atoms with Crippen LogP contribution in [-0.2, 0) is 0 Å². The fraction of sp³-hybridized carbons (Fsp3) is 0.667.